The molecule has 0 heterocycles. The molecule has 0 saturated carbocycles. The topological polar surface area (TPSA) is 55.2 Å². The number of benzene rings is 1. The molecule has 1 aromatic carbocycles. The lowest BCUT2D eigenvalue weighted by Gasteiger charge is -2.09. The van der Waals surface area contributed by atoms with Gasteiger partial charge in [-0.1, -0.05) is 11.6 Å². The number of hydrogen-bond acceptors (Lipinski definition) is 3. The summed E-state index contributed by atoms with van der Waals surface area (Å²) in [7, 11) is 0. The van der Waals surface area contributed by atoms with Crippen LogP contribution in [0.25, 0.3) is 0 Å². The molecular weight excluding hydrogens is 261 g/mol. The van der Waals surface area contributed by atoms with Gasteiger partial charge in [-0.3, -0.25) is 10.1 Å². The maximum absolute atomic E-state index is 11.8. The smallest absolute Gasteiger partial charge is 0.305 e. The van der Waals surface area contributed by atoms with Gasteiger partial charge >= 0.3 is 6.18 Å². The van der Waals surface area contributed by atoms with Gasteiger partial charge in [0.05, 0.1) is 16.5 Å². The molecule has 1 N–H and O–H groups in total. The highest BCUT2D eigenvalue weighted by molar-refractivity contribution is 6.31. The fourth-order valence-electron chi connectivity index (χ4n) is 1.13. The van der Waals surface area contributed by atoms with E-state index in [0.717, 1.165) is 6.07 Å². The van der Waals surface area contributed by atoms with E-state index in [0.29, 0.717) is 5.56 Å². The number of halogens is 4. The number of non-ortho nitro benzene ring substituents is 1. The second kappa shape index (κ2) is 5.33. The molecule has 17 heavy (non-hydrogen) atoms. The van der Waals surface area contributed by atoms with Gasteiger partial charge in [0.25, 0.3) is 5.69 Å². The minimum absolute atomic E-state index is 0.0638. The maximum Gasteiger partial charge on any atom is 0.401 e. The van der Waals surface area contributed by atoms with E-state index < -0.39 is 17.6 Å². The summed E-state index contributed by atoms with van der Waals surface area (Å²) in [5.74, 6) is 0. The van der Waals surface area contributed by atoms with Gasteiger partial charge in [-0.15, -0.1) is 0 Å². The Morgan fingerprint density at radius 3 is 2.53 bits per heavy atom. The number of nitrogens with zero attached hydrogens (tertiary/aromatic N) is 1. The second-order valence-corrected chi connectivity index (χ2v) is 3.66. The molecule has 0 aliphatic rings. The minimum atomic E-state index is -4.30. The van der Waals surface area contributed by atoms with Crippen LogP contribution in [0.5, 0.6) is 0 Å². The van der Waals surface area contributed by atoms with Gasteiger partial charge in [-0.2, -0.15) is 13.2 Å². The van der Waals surface area contributed by atoms with Crippen LogP contribution in [0.1, 0.15) is 5.56 Å². The molecule has 0 saturated heterocycles. The summed E-state index contributed by atoms with van der Waals surface area (Å²) >= 11 is 5.70. The number of nitro benzene ring substituents is 1. The Kier molecular flexibility index (Phi) is 4.30. The lowest BCUT2D eigenvalue weighted by Crippen LogP contribution is -2.28. The first-order valence-corrected chi connectivity index (χ1v) is 4.87. The first-order chi connectivity index (χ1) is 7.79. The Bertz CT molecular complexity index is 423. The van der Waals surface area contributed by atoms with E-state index in [4.69, 9.17) is 11.6 Å². The molecule has 94 valence electrons. The van der Waals surface area contributed by atoms with Crippen molar-refractivity contribution >= 4 is 17.3 Å². The third-order valence-electron chi connectivity index (χ3n) is 1.89. The van der Waals surface area contributed by atoms with Crippen LogP contribution in [0.2, 0.25) is 5.02 Å². The van der Waals surface area contributed by atoms with Crippen molar-refractivity contribution in [3.63, 3.8) is 0 Å². The Morgan fingerprint density at radius 1 is 1.41 bits per heavy atom. The van der Waals surface area contributed by atoms with Crippen molar-refractivity contribution in [3.05, 3.63) is 38.9 Å². The molecule has 4 nitrogen and oxygen atoms in total. The zero-order valence-electron chi connectivity index (χ0n) is 8.42. The lowest BCUT2D eigenvalue weighted by atomic mass is 10.2. The predicted molar refractivity (Wildman–Crippen MR) is 55.9 cm³/mol. The normalized spacial score (nSPS) is 11.5. The van der Waals surface area contributed by atoms with E-state index in [9.17, 15) is 23.3 Å². The molecule has 0 radical (unpaired) electrons. The highest BCUT2D eigenvalue weighted by Crippen LogP contribution is 2.22. The third-order valence-corrected chi connectivity index (χ3v) is 2.24. The van der Waals surface area contributed by atoms with Crippen LogP contribution in [-0.2, 0) is 6.54 Å². The molecule has 0 amide bonds. The Hall–Kier alpha value is -1.34. The summed E-state index contributed by atoms with van der Waals surface area (Å²) < 4.78 is 35.5. The van der Waals surface area contributed by atoms with E-state index in [1.807, 2.05) is 0 Å². The molecule has 0 unspecified atom stereocenters. The number of nitrogens with one attached hydrogen (secondary N) is 1. The van der Waals surface area contributed by atoms with Crippen LogP contribution in [0.3, 0.4) is 0 Å². The summed E-state index contributed by atoms with van der Waals surface area (Å²) in [6.07, 6.45) is -4.30. The van der Waals surface area contributed by atoms with Crippen LogP contribution in [0.4, 0.5) is 18.9 Å². The number of alkyl halides is 3. The predicted octanol–water partition coefficient (Wildman–Crippen LogP) is 2.90. The van der Waals surface area contributed by atoms with E-state index in [1.54, 1.807) is 0 Å². The highest BCUT2D eigenvalue weighted by atomic mass is 35.5. The van der Waals surface area contributed by atoms with Crippen molar-refractivity contribution in [2.75, 3.05) is 6.54 Å². The molecule has 0 spiro atoms. The maximum atomic E-state index is 11.8. The van der Waals surface area contributed by atoms with Crippen molar-refractivity contribution in [3.8, 4) is 0 Å². The third kappa shape index (κ3) is 4.58. The van der Waals surface area contributed by atoms with E-state index >= 15 is 0 Å². The van der Waals surface area contributed by atoms with Crippen LogP contribution < -0.4 is 5.32 Å². The fourth-order valence-corrected chi connectivity index (χ4v) is 1.37. The Balaban J connectivity index is 2.64. The van der Waals surface area contributed by atoms with Crippen LogP contribution in [0, 0.1) is 10.1 Å². The van der Waals surface area contributed by atoms with E-state index in [2.05, 4.69) is 5.32 Å². The summed E-state index contributed by atoms with van der Waals surface area (Å²) in [4.78, 5) is 9.77. The number of hydrogen-bond donors (Lipinski definition) is 1. The van der Waals surface area contributed by atoms with Crippen molar-refractivity contribution in [2.24, 2.45) is 0 Å². The van der Waals surface area contributed by atoms with Gasteiger partial charge in [-0.25, -0.2) is 0 Å². The monoisotopic (exact) mass is 268 g/mol. The molecule has 0 atom stereocenters. The van der Waals surface area contributed by atoms with Gasteiger partial charge < -0.3 is 5.32 Å². The molecule has 0 aliphatic heterocycles. The Labute approximate surface area is 99.5 Å². The fraction of sp³-hybridized carbons (Fsp3) is 0.333. The van der Waals surface area contributed by atoms with Crippen molar-refractivity contribution < 1.29 is 18.1 Å². The summed E-state index contributed by atoms with van der Waals surface area (Å²) in [6, 6.07) is 3.62. The zero-order valence-corrected chi connectivity index (χ0v) is 9.18. The van der Waals surface area contributed by atoms with Crippen molar-refractivity contribution in [1.82, 2.24) is 5.32 Å². The average molecular weight is 269 g/mol. The largest absolute Gasteiger partial charge is 0.401 e. The molecule has 0 aromatic heterocycles. The first kappa shape index (κ1) is 13.7. The van der Waals surface area contributed by atoms with Gasteiger partial charge in [-0.05, 0) is 11.6 Å². The van der Waals surface area contributed by atoms with Gasteiger partial charge in [0, 0.05) is 18.7 Å². The van der Waals surface area contributed by atoms with Gasteiger partial charge in [0.1, 0.15) is 0 Å². The van der Waals surface area contributed by atoms with Gasteiger partial charge in [0.15, 0.2) is 0 Å². The standard InChI is InChI=1S/C9H8ClF3N2O2/c10-8-3-7(15(16)17)2-1-6(8)4-14-5-9(11,12)13/h1-3,14H,4-5H2. The van der Waals surface area contributed by atoms with Crippen LogP contribution in [-0.4, -0.2) is 17.6 Å². The Morgan fingerprint density at radius 2 is 2.06 bits per heavy atom. The van der Waals surface area contributed by atoms with Crippen molar-refractivity contribution in [1.29, 1.82) is 0 Å². The molecule has 8 heteroatoms. The second-order valence-electron chi connectivity index (χ2n) is 3.25. The molecule has 0 fully saturated rings. The molecule has 1 aromatic rings. The van der Waals surface area contributed by atoms with Crippen LogP contribution in [0.15, 0.2) is 18.2 Å². The quantitative estimate of drug-likeness (QED) is 0.675. The first-order valence-electron chi connectivity index (χ1n) is 4.50. The van der Waals surface area contributed by atoms with E-state index in [-0.39, 0.29) is 17.3 Å². The summed E-state index contributed by atoms with van der Waals surface area (Å²) in [6.45, 7) is -1.24. The van der Waals surface area contributed by atoms with Crippen molar-refractivity contribution in [2.45, 2.75) is 12.7 Å². The highest BCUT2D eigenvalue weighted by Gasteiger charge is 2.26. The summed E-state index contributed by atoms with van der Waals surface area (Å²) in [5.41, 5.74) is 0.177. The minimum Gasteiger partial charge on any atom is -0.305 e. The van der Waals surface area contributed by atoms with Gasteiger partial charge in [0.2, 0.25) is 0 Å². The lowest BCUT2D eigenvalue weighted by molar-refractivity contribution is -0.384. The molecule has 1 rings (SSSR count). The van der Waals surface area contributed by atoms with Crippen LogP contribution >= 0.6 is 11.6 Å². The average Bonchev–Trinajstić information content (AvgIpc) is 2.18. The number of nitro groups is 1. The molecule has 0 bridgehead atoms. The summed E-state index contributed by atoms with van der Waals surface area (Å²) in [5, 5.41) is 12.6. The number of rotatable bonds is 4. The van der Waals surface area contributed by atoms with E-state index in [1.165, 1.54) is 12.1 Å². The molecular formula is C9H8ClF3N2O2. The SMILES string of the molecule is O=[N+]([O-])c1ccc(CNCC(F)(F)F)c(Cl)c1. The zero-order chi connectivity index (χ0) is 13.1. The molecule has 0 aliphatic carbocycles.